The molecule has 1 fully saturated rings. The molecule has 0 saturated heterocycles. The minimum Gasteiger partial charge on any atom is -0.487 e. The molecule has 1 aromatic rings. The van der Waals surface area contributed by atoms with Crippen LogP contribution in [-0.2, 0) is 14.8 Å². The zero-order valence-corrected chi connectivity index (χ0v) is 21.1. The number of likely N-dealkylation sites (N-methyl/N-ethyl adjacent to an activating group) is 1. The number of carbonyl (C=O) groups excluding carboxylic acids is 1. The molecule has 0 unspecified atom stereocenters. The predicted molar refractivity (Wildman–Crippen MR) is 127 cm³/mol. The molecule has 8 heteroatoms. The Balaban J connectivity index is 2.01. The summed E-state index contributed by atoms with van der Waals surface area (Å²) in [6.07, 6.45) is 2.52. The fourth-order valence-corrected chi connectivity index (χ4v) is 5.90. The maximum atomic E-state index is 13.5. The number of hydrogen-bond acceptors (Lipinski definition) is 5. The van der Waals surface area contributed by atoms with E-state index in [1.807, 2.05) is 20.8 Å². The van der Waals surface area contributed by atoms with E-state index in [1.54, 1.807) is 31.0 Å². The number of fused-ring (bicyclic) bond motifs is 1. The van der Waals surface area contributed by atoms with E-state index in [0.717, 1.165) is 19.3 Å². The summed E-state index contributed by atoms with van der Waals surface area (Å²) in [5.74, 6) is 6.57. The van der Waals surface area contributed by atoms with Crippen LogP contribution in [0.15, 0.2) is 23.1 Å². The molecule has 182 valence electrons. The Morgan fingerprint density at radius 2 is 2.00 bits per heavy atom. The predicted octanol–water partition coefficient (Wildman–Crippen LogP) is 2.72. The summed E-state index contributed by atoms with van der Waals surface area (Å²) >= 11 is 0. The van der Waals surface area contributed by atoms with E-state index in [2.05, 4.69) is 11.8 Å². The lowest BCUT2D eigenvalue weighted by Gasteiger charge is -2.38. The molecule has 1 heterocycles. The van der Waals surface area contributed by atoms with Gasteiger partial charge >= 0.3 is 0 Å². The molecule has 3 rings (SSSR count). The summed E-state index contributed by atoms with van der Waals surface area (Å²) < 4.78 is 34.7. The van der Waals surface area contributed by atoms with Gasteiger partial charge in [-0.1, -0.05) is 39.0 Å². The second-order valence-electron chi connectivity index (χ2n) is 9.67. The van der Waals surface area contributed by atoms with Crippen molar-refractivity contribution in [3.8, 4) is 17.6 Å². The van der Waals surface area contributed by atoms with E-state index in [0.29, 0.717) is 12.1 Å². The molecule has 1 saturated carbocycles. The van der Waals surface area contributed by atoms with Crippen molar-refractivity contribution in [1.82, 2.24) is 9.21 Å². The minimum absolute atomic E-state index is 0.0581. The number of rotatable bonds is 5. The maximum absolute atomic E-state index is 13.5. The standard InChI is InChI=1S/C25H36N2O5S/c1-17(2)9-10-20-11-12-24-22(13-20)32-23(15-26(5)25(29)21-7-6-8-21)18(3)14-27(19(4)16-28)33(24,30)31/h11-13,17-19,21,23,28H,6-8,14-16H2,1-5H3/t18-,19-,23-/m1/s1. The molecule has 7 nitrogen and oxygen atoms in total. The number of aliphatic hydroxyl groups excluding tert-OH is 1. The van der Waals surface area contributed by atoms with Crippen molar-refractivity contribution in [1.29, 1.82) is 0 Å². The number of sulfonamides is 1. The smallest absolute Gasteiger partial charge is 0.247 e. The molecule has 33 heavy (non-hydrogen) atoms. The van der Waals surface area contributed by atoms with Crippen molar-refractivity contribution >= 4 is 15.9 Å². The van der Waals surface area contributed by atoms with Gasteiger partial charge in [0.15, 0.2) is 0 Å². The van der Waals surface area contributed by atoms with Crippen LogP contribution in [0.25, 0.3) is 0 Å². The Hall–Kier alpha value is -2.08. The molecule has 1 amide bonds. The first-order valence-corrected chi connectivity index (χ1v) is 13.2. The fraction of sp³-hybridized carbons (Fsp3) is 0.640. The van der Waals surface area contributed by atoms with Crippen LogP contribution in [-0.4, -0.2) is 67.5 Å². The van der Waals surface area contributed by atoms with Crippen LogP contribution >= 0.6 is 0 Å². The third-order valence-electron chi connectivity index (χ3n) is 6.46. The van der Waals surface area contributed by atoms with Crippen LogP contribution in [0.3, 0.4) is 0 Å². The molecule has 0 radical (unpaired) electrons. The lowest BCUT2D eigenvalue weighted by atomic mass is 9.84. The summed E-state index contributed by atoms with van der Waals surface area (Å²) in [5.41, 5.74) is 0.672. The van der Waals surface area contributed by atoms with Crippen molar-refractivity contribution in [3.63, 3.8) is 0 Å². The quantitative estimate of drug-likeness (QED) is 0.661. The molecular weight excluding hydrogens is 440 g/mol. The topological polar surface area (TPSA) is 87.2 Å². The van der Waals surface area contributed by atoms with Crippen LogP contribution < -0.4 is 4.74 Å². The highest BCUT2D eigenvalue weighted by atomic mass is 32.2. The number of benzene rings is 1. The normalized spacial score (nSPS) is 23.7. The van der Waals surface area contributed by atoms with E-state index in [-0.39, 0.29) is 47.5 Å². The van der Waals surface area contributed by atoms with Crippen molar-refractivity contribution in [2.45, 2.75) is 64.0 Å². The van der Waals surface area contributed by atoms with Crippen LogP contribution in [0.2, 0.25) is 0 Å². The fourth-order valence-electron chi connectivity index (χ4n) is 4.08. The summed E-state index contributed by atoms with van der Waals surface area (Å²) in [6.45, 7) is 7.85. The molecule has 1 aliphatic carbocycles. The van der Waals surface area contributed by atoms with Gasteiger partial charge in [0.2, 0.25) is 15.9 Å². The number of hydrogen-bond donors (Lipinski definition) is 1. The van der Waals surface area contributed by atoms with Crippen molar-refractivity contribution in [2.24, 2.45) is 17.8 Å². The zero-order chi connectivity index (χ0) is 24.3. The average molecular weight is 477 g/mol. The first-order valence-electron chi connectivity index (χ1n) is 11.7. The van der Waals surface area contributed by atoms with Gasteiger partial charge in [-0.25, -0.2) is 8.42 Å². The number of nitrogens with zero attached hydrogens (tertiary/aromatic N) is 2. The summed E-state index contributed by atoms with van der Waals surface area (Å²) in [4.78, 5) is 14.5. The van der Waals surface area contributed by atoms with Crippen molar-refractivity contribution in [3.05, 3.63) is 23.8 Å². The lowest BCUT2D eigenvalue weighted by Crippen LogP contribution is -2.50. The molecule has 0 aromatic heterocycles. The number of carbonyl (C=O) groups is 1. The van der Waals surface area contributed by atoms with Gasteiger partial charge < -0.3 is 14.7 Å². The van der Waals surface area contributed by atoms with Crippen LogP contribution in [0.5, 0.6) is 5.75 Å². The molecule has 1 aromatic carbocycles. The Morgan fingerprint density at radius 3 is 2.58 bits per heavy atom. The molecule has 1 N–H and O–H groups in total. The van der Waals surface area contributed by atoms with Gasteiger partial charge in [-0.3, -0.25) is 4.79 Å². The largest absolute Gasteiger partial charge is 0.487 e. The minimum atomic E-state index is -3.89. The van der Waals surface area contributed by atoms with Gasteiger partial charge in [0.05, 0.1) is 13.2 Å². The highest BCUT2D eigenvalue weighted by molar-refractivity contribution is 7.89. The maximum Gasteiger partial charge on any atom is 0.247 e. The highest BCUT2D eigenvalue weighted by Crippen LogP contribution is 2.34. The highest BCUT2D eigenvalue weighted by Gasteiger charge is 2.39. The molecule has 0 bridgehead atoms. The monoisotopic (exact) mass is 476 g/mol. The zero-order valence-electron chi connectivity index (χ0n) is 20.2. The number of ether oxygens (including phenoxy) is 1. The van der Waals surface area contributed by atoms with Gasteiger partial charge in [-0.2, -0.15) is 4.31 Å². The second-order valence-corrected chi connectivity index (χ2v) is 11.5. The Bertz CT molecular complexity index is 1020. The third kappa shape index (κ3) is 5.71. The number of amides is 1. The lowest BCUT2D eigenvalue weighted by molar-refractivity contribution is -0.138. The third-order valence-corrected chi connectivity index (χ3v) is 8.48. The van der Waals surface area contributed by atoms with E-state index in [1.165, 1.54) is 10.4 Å². The average Bonchev–Trinajstić information content (AvgIpc) is 2.72. The first-order chi connectivity index (χ1) is 15.5. The second kappa shape index (κ2) is 10.5. The van der Waals surface area contributed by atoms with Gasteiger partial charge in [0, 0.05) is 43.0 Å². The van der Waals surface area contributed by atoms with Crippen LogP contribution in [0, 0.1) is 29.6 Å². The van der Waals surface area contributed by atoms with Gasteiger partial charge in [0.1, 0.15) is 16.7 Å². The molecule has 1 aliphatic heterocycles. The van der Waals surface area contributed by atoms with E-state index in [4.69, 9.17) is 4.74 Å². The molecule has 3 atom stereocenters. The Kier molecular flexibility index (Phi) is 8.09. The van der Waals surface area contributed by atoms with Crippen molar-refractivity contribution in [2.75, 3.05) is 26.7 Å². The SMILES string of the molecule is CC(C)C#Cc1ccc2c(c1)O[C@H](CN(C)C(=O)C1CCC1)[C@H](C)CN([C@H](C)CO)S2(=O)=O. The molecular formula is C25H36N2O5S. The van der Waals surface area contributed by atoms with Crippen LogP contribution in [0.1, 0.15) is 52.5 Å². The van der Waals surface area contributed by atoms with E-state index < -0.39 is 22.2 Å². The summed E-state index contributed by atoms with van der Waals surface area (Å²) in [5, 5.41) is 9.75. The van der Waals surface area contributed by atoms with Gasteiger partial charge in [-0.05, 0) is 38.0 Å². The molecule has 0 spiro atoms. The van der Waals surface area contributed by atoms with Gasteiger partial charge in [-0.15, -0.1) is 0 Å². The number of aliphatic hydroxyl groups is 1. The van der Waals surface area contributed by atoms with Crippen molar-refractivity contribution < 1.29 is 23.1 Å². The first kappa shape index (κ1) is 25.5. The van der Waals surface area contributed by atoms with Crippen LogP contribution in [0.4, 0.5) is 0 Å². The van der Waals surface area contributed by atoms with E-state index in [9.17, 15) is 18.3 Å². The summed E-state index contributed by atoms with van der Waals surface area (Å²) in [6, 6.07) is 4.30. The Labute approximate surface area is 198 Å². The van der Waals surface area contributed by atoms with Gasteiger partial charge in [0.25, 0.3) is 0 Å². The molecule has 2 aliphatic rings. The van der Waals surface area contributed by atoms with E-state index >= 15 is 0 Å². The summed E-state index contributed by atoms with van der Waals surface area (Å²) in [7, 11) is -2.11. The Morgan fingerprint density at radius 1 is 1.30 bits per heavy atom.